The highest BCUT2D eigenvalue weighted by atomic mass is 16.2. The van der Waals surface area contributed by atoms with Gasteiger partial charge in [0.25, 0.3) is 0 Å². The molecule has 1 saturated heterocycles. The van der Waals surface area contributed by atoms with Gasteiger partial charge < -0.3 is 10.2 Å². The molecule has 0 radical (unpaired) electrons. The van der Waals surface area contributed by atoms with Gasteiger partial charge in [0.1, 0.15) is 0 Å². The molecule has 1 aromatic carbocycles. The molecule has 0 spiro atoms. The van der Waals surface area contributed by atoms with Crippen LogP contribution in [0.4, 0.5) is 0 Å². The van der Waals surface area contributed by atoms with Gasteiger partial charge in [0.15, 0.2) is 0 Å². The maximum atomic E-state index is 12.0. The standard InChI is InChI=1S/C21H26N4O2/c26-20(22-13-7-15-24-14-6-2-5-10-21(24)27)12-11-18-16-23-25(17-18)19-8-3-1-4-9-19/h1,3-4,8-9,11-12,16-17H,2,5-7,10,13-15H2,(H,22,26)/b12-11+. The van der Waals surface area contributed by atoms with Crippen molar-refractivity contribution >= 4 is 17.9 Å². The van der Waals surface area contributed by atoms with E-state index >= 15 is 0 Å². The van der Waals surface area contributed by atoms with Crippen molar-refractivity contribution in [2.75, 3.05) is 19.6 Å². The number of hydrogen-bond donors (Lipinski definition) is 1. The van der Waals surface area contributed by atoms with Crippen LogP contribution in [-0.2, 0) is 9.59 Å². The predicted molar refractivity (Wildman–Crippen MR) is 105 cm³/mol. The Morgan fingerprint density at radius 2 is 2.04 bits per heavy atom. The minimum absolute atomic E-state index is 0.135. The van der Waals surface area contributed by atoms with Crippen molar-refractivity contribution in [1.29, 1.82) is 0 Å². The Kier molecular flexibility index (Phi) is 6.79. The average molecular weight is 366 g/mol. The van der Waals surface area contributed by atoms with Crippen molar-refractivity contribution in [2.24, 2.45) is 0 Å². The molecule has 27 heavy (non-hydrogen) atoms. The van der Waals surface area contributed by atoms with Crippen molar-refractivity contribution in [3.63, 3.8) is 0 Å². The lowest BCUT2D eigenvalue weighted by molar-refractivity contribution is -0.130. The van der Waals surface area contributed by atoms with E-state index in [1.54, 1.807) is 17.0 Å². The van der Waals surface area contributed by atoms with Crippen molar-refractivity contribution in [3.05, 3.63) is 54.4 Å². The van der Waals surface area contributed by atoms with Crippen LogP contribution in [0.1, 0.15) is 37.7 Å². The molecule has 1 aromatic heterocycles. The van der Waals surface area contributed by atoms with Crippen molar-refractivity contribution < 1.29 is 9.59 Å². The second kappa shape index (κ2) is 9.71. The largest absolute Gasteiger partial charge is 0.352 e. The highest BCUT2D eigenvalue weighted by Gasteiger charge is 2.15. The van der Waals surface area contributed by atoms with Crippen LogP contribution < -0.4 is 5.32 Å². The fourth-order valence-electron chi connectivity index (χ4n) is 3.13. The molecule has 2 amide bonds. The summed E-state index contributed by atoms with van der Waals surface area (Å²) in [5.74, 6) is 0.110. The molecule has 6 nitrogen and oxygen atoms in total. The third kappa shape index (κ3) is 5.81. The first-order valence-electron chi connectivity index (χ1n) is 9.56. The smallest absolute Gasteiger partial charge is 0.244 e. The summed E-state index contributed by atoms with van der Waals surface area (Å²) in [5.41, 5.74) is 1.84. The molecule has 1 fully saturated rings. The second-order valence-electron chi connectivity index (χ2n) is 6.72. The summed E-state index contributed by atoms with van der Waals surface area (Å²) in [5, 5.41) is 7.17. The molecule has 0 unspecified atom stereocenters. The lowest BCUT2D eigenvalue weighted by atomic mass is 10.2. The number of aromatic nitrogens is 2. The third-order valence-electron chi connectivity index (χ3n) is 4.63. The average Bonchev–Trinajstić information content (AvgIpc) is 3.08. The van der Waals surface area contributed by atoms with Gasteiger partial charge in [-0.25, -0.2) is 4.68 Å². The number of nitrogens with zero attached hydrogens (tertiary/aromatic N) is 3. The second-order valence-corrected chi connectivity index (χ2v) is 6.72. The zero-order chi connectivity index (χ0) is 18.9. The SMILES string of the molecule is O=C(/C=C/c1cnn(-c2ccccc2)c1)NCCCN1CCCCCC1=O. The fraction of sp³-hybridized carbons (Fsp3) is 0.381. The molecule has 2 aromatic rings. The van der Waals surface area contributed by atoms with E-state index in [2.05, 4.69) is 10.4 Å². The summed E-state index contributed by atoms with van der Waals surface area (Å²) < 4.78 is 1.77. The maximum Gasteiger partial charge on any atom is 0.244 e. The van der Waals surface area contributed by atoms with Crippen LogP contribution in [0.2, 0.25) is 0 Å². The van der Waals surface area contributed by atoms with Gasteiger partial charge in [0.05, 0.1) is 11.9 Å². The number of rotatable bonds is 7. The number of benzene rings is 1. The van der Waals surface area contributed by atoms with Crippen LogP contribution in [0.25, 0.3) is 11.8 Å². The summed E-state index contributed by atoms with van der Waals surface area (Å²) >= 11 is 0. The van der Waals surface area contributed by atoms with Crippen LogP contribution >= 0.6 is 0 Å². The van der Waals surface area contributed by atoms with Crippen molar-refractivity contribution in [2.45, 2.75) is 32.1 Å². The van der Waals surface area contributed by atoms with Gasteiger partial charge in [-0.15, -0.1) is 0 Å². The topological polar surface area (TPSA) is 67.2 Å². The number of para-hydroxylation sites is 1. The summed E-state index contributed by atoms with van der Waals surface area (Å²) in [4.78, 5) is 25.8. The van der Waals surface area contributed by atoms with Crippen molar-refractivity contribution in [3.8, 4) is 5.69 Å². The normalized spacial score (nSPS) is 15.1. The Bertz CT molecular complexity index is 782. The molecule has 3 rings (SSSR count). The molecule has 1 aliphatic rings. The number of carbonyl (C=O) groups excluding carboxylic acids is 2. The minimum atomic E-state index is -0.135. The summed E-state index contributed by atoms with van der Waals surface area (Å²) in [7, 11) is 0. The molecule has 0 aliphatic carbocycles. The number of nitrogens with one attached hydrogen (secondary N) is 1. The highest BCUT2D eigenvalue weighted by molar-refractivity contribution is 5.91. The van der Waals surface area contributed by atoms with Gasteiger partial charge >= 0.3 is 0 Å². The first-order valence-corrected chi connectivity index (χ1v) is 9.56. The van der Waals surface area contributed by atoms with Crippen LogP contribution in [0.3, 0.4) is 0 Å². The molecule has 2 heterocycles. The van der Waals surface area contributed by atoms with Gasteiger partial charge in [0, 0.05) is 43.9 Å². The van der Waals surface area contributed by atoms with E-state index in [9.17, 15) is 9.59 Å². The van der Waals surface area contributed by atoms with Crippen LogP contribution in [0.15, 0.2) is 48.8 Å². The Hall–Kier alpha value is -2.89. The van der Waals surface area contributed by atoms with Gasteiger partial charge in [-0.2, -0.15) is 5.10 Å². The number of amides is 2. The molecular weight excluding hydrogens is 340 g/mol. The first kappa shape index (κ1) is 18.9. The Morgan fingerprint density at radius 1 is 1.19 bits per heavy atom. The molecule has 142 valence electrons. The number of likely N-dealkylation sites (tertiary alicyclic amines) is 1. The monoisotopic (exact) mass is 366 g/mol. The van der Waals surface area contributed by atoms with E-state index < -0.39 is 0 Å². The van der Waals surface area contributed by atoms with E-state index in [1.807, 2.05) is 41.4 Å². The fourth-order valence-corrected chi connectivity index (χ4v) is 3.13. The molecule has 0 bridgehead atoms. The first-order chi connectivity index (χ1) is 13.2. The van der Waals surface area contributed by atoms with Gasteiger partial charge in [-0.3, -0.25) is 9.59 Å². The van der Waals surface area contributed by atoms with E-state index in [0.29, 0.717) is 19.5 Å². The zero-order valence-electron chi connectivity index (χ0n) is 15.5. The van der Waals surface area contributed by atoms with E-state index in [4.69, 9.17) is 0 Å². The van der Waals surface area contributed by atoms with Crippen molar-refractivity contribution in [1.82, 2.24) is 20.0 Å². The Balaban J connectivity index is 1.40. The molecule has 0 atom stereocenters. The molecule has 1 aliphatic heterocycles. The Morgan fingerprint density at radius 3 is 2.89 bits per heavy atom. The highest BCUT2D eigenvalue weighted by Crippen LogP contribution is 2.11. The summed E-state index contributed by atoms with van der Waals surface area (Å²) in [6.45, 7) is 2.13. The summed E-state index contributed by atoms with van der Waals surface area (Å²) in [6, 6.07) is 9.82. The van der Waals surface area contributed by atoms with Crippen LogP contribution in [-0.4, -0.2) is 46.1 Å². The van der Waals surface area contributed by atoms with Gasteiger partial charge in [-0.1, -0.05) is 24.6 Å². The van der Waals surface area contributed by atoms with E-state index in [1.165, 1.54) is 6.08 Å². The van der Waals surface area contributed by atoms with Gasteiger partial charge in [0.2, 0.25) is 11.8 Å². The maximum absolute atomic E-state index is 12.0. The van der Waals surface area contributed by atoms with Crippen LogP contribution in [0.5, 0.6) is 0 Å². The quantitative estimate of drug-likeness (QED) is 0.605. The van der Waals surface area contributed by atoms with E-state index in [0.717, 1.165) is 43.5 Å². The van der Waals surface area contributed by atoms with Gasteiger partial charge in [-0.05, 0) is 37.5 Å². The molecule has 6 heteroatoms. The molecule has 1 N–H and O–H groups in total. The van der Waals surface area contributed by atoms with E-state index in [-0.39, 0.29) is 11.8 Å². The predicted octanol–water partition coefficient (Wildman–Crippen LogP) is 2.79. The molecule has 0 saturated carbocycles. The lowest BCUT2D eigenvalue weighted by Gasteiger charge is -2.20. The minimum Gasteiger partial charge on any atom is -0.352 e. The number of carbonyl (C=O) groups is 2. The summed E-state index contributed by atoms with van der Waals surface area (Å²) in [6.07, 6.45) is 11.5. The lowest BCUT2D eigenvalue weighted by Crippen LogP contribution is -2.33. The van der Waals surface area contributed by atoms with Crippen LogP contribution in [0, 0.1) is 0 Å². The number of hydrogen-bond acceptors (Lipinski definition) is 3. The third-order valence-corrected chi connectivity index (χ3v) is 4.63. The molecular formula is C21H26N4O2. The Labute approximate surface area is 159 Å². The zero-order valence-corrected chi connectivity index (χ0v) is 15.5.